The molecule has 1 aromatic rings. The maximum absolute atomic E-state index is 11.1. The molecule has 0 spiro atoms. The second-order valence-electron chi connectivity index (χ2n) is 5.35. The van der Waals surface area contributed by atoms with Gasteiger partial charge in [0.2, 0.25) is 0 Å². The summed E-state index contributed by atoms with van der Waals surface area (Å²) in [4.78, 5) is 11.1. The van der Waals surface area contributed by atoms with Gasteiger partial charge in [-0.15, -0.1) is 5.10 Å². The van der Waals surface area contributed by atoms with E-state index >= 15 is 0 Å². The number of hydrogen-bond acceptors (Lipinski definition) is 4. The number of aliphatic hydroxyl groups is 1. The number of hydrogen-bond donors (Lipinski definition) is 2. The van der Waals surface area contributed by atoms with Gasteiger partial charge in [0, 0.05) is 18.6 Å². The van der Waals surface area contributed by atoms with Gasteiger partial charge >= 0.3 is 5.97 Å². The normalized spacial score (nSPS) is 11.8. The monoisotopic (exact) mass is 255 g/mol. The van der Waals surface area contributed by atoms with Crippen LogP contribution in [0.15, 0.2) is 0 Å². The van der Waals surface area contributed by atoms with Gasteiger partial charge in [-0.1, -0.05) is 26.0 Å². The molecule has 6 heteroatoms. The first-order valence-corrected chi connectivity index (χ1v) is 6.16. The molecular weight excluding hydrogens is 234 g/mol. The molecular formula is C12H21N3O3. The third-order valence-electron chi connectivity index (χ3n) is 2.68. The number of unbranched alkanes of at least 4 members (excludes halogenated alkanes) is 2. The van der Waals surface area contributed by atoms with E-state index in [1.54, 1.807) is 4.68 Å². The molecule has 0 fully saturated rings. The average molecular weight is 255 g/mol. The number of carbonyl (C=O) groups is 1. The lowest BCUT2D eigenvalue weighted by molar-refractivity contribution is 0.0687. The number of aromatic carboxylic acids is 1. The summed E-state index contributed by atoms with van der Waals surface area (Å²) in [5.74, 6) is -1.04. The van der Waals surface area contributed by atoms with Gasteiger partial charge < -0.3 is 10.2 Å². The zero-order chi connectivity index (χ0) is 13.8. The topological polar surface area (TPSA) is 88.2 Å². The summed E-state index contributed by atoms with van der Waals surface area (Å²) in [7, 11) is 0. The second-order valence-corrected chi connectivity index (χ2v) is 5.35. The molecule has 102 valence electrons. The van der Waals surface area contributed by atoms with Crippen molar-refractivity contribution in [2.45, 2.75) is 52.0 Å². The van der Waals surface area contributed by atoms with Crippen molar-refractivity contribution in [1.82, 2.24) is 15.0 Å². The second kappa shape index (κ2) is 5.95. The Hall–Kier alpha value is -1.43. The van der Waals surface area contributed by atoms with Gasteiger partial charge in [-0.25, -0.2) is 9.48 Å². The predicted octanol–water partition coefficient (Wildman–Crippen LogP) is 1.44. The van der Waals surface area contributed by atoms with E-state index in [9.17, 15) is 4.79 Å². The summed E-state index contributed by atoms with van der Waals surface area (Å²) in [6.45, 7) is 6.66. The van der Waals surface area contributed by atoms with E-state index < -0.39 is 5.97 Å². The fourth-order valence-electron chi connectivity index (χ4n) is 1.91. The molecule has 0 atom stereocenters. The summed E-state index contributed by atoms with van der Waals surface area (Å²) >= 11 is 0. The van der Waals surface area contributed by atoms with Crippen LogP contribution in [0, 0.1) is 0 Å². The quantitative estimate of drug-likeness (QED) is 0.751. The van der Waals surface area contributed by atoms with Gasteiger partial charge in [-0.3, -0.25) is 0 Å². The number of aliphatic hydroxyl groups excluding tert-OH is 1. The third kappa shape index (κ3) is 3.53. The van der Waals surface area contributed by atoms with Gasteiger partial charge in [0.05, 0.1) is 5.69 Å². The Morgan fingerprint density at radius 1 is 1.28 bits per heavy atom. The summed E-state index contributed by atoms with van der Waals surface area (Å²) in [5.41, 5.74) is 0.373. The van der Waals surface area contributed by atoms with Crippen LogP contribution in [0.4, 0.5) is 0 Å². The molecule has 6 nitrogen and oxygen atoms in total. The number of aryl methyl sites for hydroxylation is 1. The Balaban J connectivity index is 2.88. The molecule has 0 unspecified atom stereocenters. The number of nitrogens with zero attached hydrogens (tertiary/aromatic N) is 3. The van der Waals surface area contributed by atoms with Crippen molar-refractivity contribution in [1.29, 1.82) is 0 Å². The van der Waals surface area contributed by atoms with E-state index in [1.807, 2.05) is 20.8 Å². The van der Waals surface area contributed by atoms with E-state index in [0.29, 0.717) is 12.2 Å². The van der Waals surface area contributed by atoms with Gasteiger partial charge in [0.1, 0.15) is 0 Å². The van der Waals surface area contributed by atoms with Crippen LogP contribution in [-0.2, 0) is 12.0 Å². The highest BCUT2D eigenvalue weighted by Gasteiger charge is 2.28. The first-order chi connectivity index (χ1) is 8.38. The number of rotatable bonds is 6. The molecule has 0 saturated heterocycles. The predicted molar refractivity (Wildman–Crippen MR) is 66.6 cm³/mol. The van der Waals surface area contributed by atoms with Crippen molar-refractivity contribution in [3.05, 3.63) is 11.4 Å². The van der Waals surface area contributed by atoms with Crippen molar-refractivity contribution in [2.24, 2.45) is 0 Å². The van der Waals surface area contributed by atoms with Gasteiger partial charge in [-0.2, -0.15) is 0 Å². The molecule has 1 rings (SSSR count). The average Bonchev–Trinajstić information content (AvgIpc) is 2.68. The van der Waals surface area contributed by atoms with E-state index in [0.717, 1.165) is 19.3 Å². The van der Waals surface area contributed by atoms with Gasteiger partial charge in [0.25, 0.3) is 0 Å². The summed E-state index contributed by atoms with van der Waals surface area (Å²) in [5, 5.41) is 25.5. The Labute approximate surface area is 107 Å². The Bertz CT molecular complexity index is 407. The Kier molecular flexibility index (Phi) is 4.84. The van der Waals surface area contributed by atoms with Crippen LogP contribution in [0.3, 0.4) is 0 Å². The van der Waals surface area contributed by atoms with E-state index in [1.165, 1.54) is 0 Å². The molecule has 0 amide bonds. The smallest absolute Gasteiger partial charge is 0.358 e. The standard InChI is InChI=1S/C12H21N3O3/c1-12(2,3)10-9(11(17)18)13-14-15(10)7-5-4-6-8-16/h16H,4-8H2,1-3H3,(H,17,18). The van der Waals surface area contributed by atoms with E-state index in [-0.39, 0.29) is 17.7 Å². The fraction of sp³-hybridized carbons (Fsp3) is 0.750. The molecule has 0 aliphatic heterocycles. The molecule has 1 aromatic heterocycles. The van der Waals surface area contributed by atoms with Crippen molar-refractivity contribution in [3.8, 4) is 0 Å². The summed E-state index contributed by atoms with van der Waals surface area (Å²) in [6, 6.07) is 0. The first-order valence-electron chi connectivity index (χ1n) is 6.16. The minimum Gasteiger partial charge on any atom is -0.476 e. The largest absolute Gasteiger partial charge is 0.476 e. The zero-order valence-corrected chi connectivity index (χ0v) is 11.2. The van der Waals surface area contributed by atoms with Crippen LogP contribution in [0.1, 0.15) is 56.2 Å². The Morgan fingerprint density at radius 3 is 2.44 bits per heavy atom. The fourth-order valence-corrected chi connectivity index (χ4v) is 1.91. The molecule has 0 aliphatic carbocycles. The first kappa shape index (κ1) is 14.6. The summed E-state index contributed by atoms with van der Waals surface area (Å²) in [6.07, 6.45) is 2.50. The molecule has 0 bridgehead atoms. The zero-order valence-electron chi connectivity index (χ0n) is 11.2. The van der Waals surface area contributed by atoms with Gasteiger partial charge in [0.15, 0.2) is 5.69 Å². The molecule has 0 radical (unpaired) electrons. The van der Waals surface area contributed by atoms with Crippen LogP contribution >= 0.6 is 0 Å². The SMILES string of the molecule is CC(C)(C)c1c(C(=O)O)nnn1CCCCCO. The lowest BCUT2D eigenvalue weighted by Gasteiger charge is -2.20. The van der Waals surface area contributed by atoms with Crippen LogP contribution in [0.2, 0.25) is 0 Å². The third-order valence-corrected chi connectivity index (χ3v) is 2.68. The van der Waals surface area contributed by atoms with Crippen molar-refractivity contribution < 1.29 is 15.0 Å². The lowest BCUT2D eigenvalue weighted by Crippen LogP contribution is -2.22. The molecule has 18 heavy (non-hydrogen) atoms. The molecule has 0 aromatic carbocycles. The number of carboxylic acid groups (broad SMARTS) is 1. The minimum atomic E-state index is -1.04. The molecule has 0 saturated carbocycles. The van der Waals surface area contributed by atoms with Gasteiger partial charge in [-0.05, 0) is 19.3 Å². The lowest BCUT2D eigenvalue weighted by atomic mass is 9.90. The van der Waals surface area contributed by atoms with Crippen molar-refractivity contribution >= 4 is 5.97 Å². The van der Waals surface area contributed by atoms with Crippen molar-refractivity contribution in [2.75, 3.05) is 6.61 Å². The molecule has 2 N–H and O–H groups in total. The highest BCUT2D eigenvalue weighted by molar-refractivity contribution is 5.86. The number of aromatic nitrogens is 3. The van der Waals surface area contributed by atoms with Crippen LogP contribution in [0.25, 0.3) is 0 Å². The van der Waals surface area contributed by atoms with E-state index in [2.05, 4.69) is 10.3 Å². The van der Waals surface area contributed by atoms with E-state index in [4.69, 9.17) is 10.2 Å². The highest BCUT2D eigenvalue weighted by Crippen LogP contribution is 2.25. The minimum absolute atomic E-state index is 0.0321. The van der Waals surface area contributed by atoms with Crippen LogP contribution in [0.5, 0.6) is 0 Å². The summed E-state index contributed by atoms with van der Waals surface area (Å²) < 4.78 is 1.67. The molecule has 0 aliphatic rings. The maximum Gasteiger partial charge on any atom is 0.358 e. The number of carboxylic acids is 1. The van der Waals surface area contributed by atoms with Crippen LogP contribution < -0.4 is 0 Å². The highest BCUT2D eigenvalue weighted by atomic mass is 16.4. The van der Waals surface area contributed by atoms with Crippen LogP contribution in [-0.4, -0.2) is 37.8 Å². The van der Waals surface area contributed by atoms with Crippen molar-refractivity contribution in [3.63, 3.8) is 0 Å². The molecule has 1 heterocycles. The Morgan fingerprint density at radius 2 is 1.94 bits per heavy atom. The maximum atomic E-state index is 11.1.